The molecule has 0 radical (unpaired) electrons. The molecule has 38 heavy (non-hydrogen) atoms. The number of benzene rings is 2. The van der Waals surface area contributed by atoms with E-state index in [0.717, 1.165) is 24.0 Å². The first-order valence-electron chi connectivity index (χ1n) is 12.6. The van der Waals surface area contributed by atoms with Gasteiger partial charge in [0, 0.05) is 37.0 Å². The number of fused-ring (bicyclic) bond motifs is 1. The number of aromatic nitrogens is 1. The number of piperidine rings is 1. The molecule has 3 aromatic rings. The summed E-state index contributed by atoms with van der Waals surface area (Å²) in [6.45, 7) is 3.12. The zero-order valence-corrected chi connectivity index (χ0v) is 21.0. The lowest BCUT2D eigenvalue weighted by Gasteiger charge is -2.32. The zero-order chi connectivity index (χ0) is 26.6. The lowest BCUT2D eigenvalue weighted by atomic mass is 9.89. The Hall–Kier alpha value is -4.71. The molecule has 0 spiro atoms. The second-order valence-electron chi connectivity index (χ2n) is 9.71. The number of nitrogens with zero attached hydrogens (tertiary/aromatic N) is 3. The molecule has 1 unspecified atom stereocenters. The molecule has 3 N–H and O–H groups in total. The van der Waals surface area contributed by atoms with E-state index in [1.54, 1.807) is 24.5 Å². The van der Waals surface area contributed by atoms with Gasteiger partial charge < -0.3 is 20.9 Å². The van der Waals surface area contributed by atoms with Crippen molar-refractivity contribution in [1.29, 1.82) is 5.26 Å². The molecular formula is C29H28N6O3. The highest BCUT2D eigenvalue weighted by molar-refractivity contribution is 6.02. The average Bonchev–Trinajstić information content (AvgIpc) is 2.94. The summed E-state index contributed by atoms with van der Waals surface area (Å²) in [5, 5.41) is 17.3. The molecule has 192 valence electrons. The molecule has 0 bridgehead atoms. The van der Waals surface area contributed by atoms with Crippen molar-refractivity contribution in [3.8, 4) is 6.07 Å². The normalized spacial score (nSPS) is 17.1. The Morgan fingerprint density at radius 2 is 1.87 bits per heavy atom. The maximum atomic E-state index is 13.3. The Morgan fingerprint density at radius 3 is 2.61 bits per heavy atom. The van der Waals surface area contributed by atoms with E-state index in [0.29, 0.717) is 47.9 Å². The summed E-state index contributed by atoms with van der Waals surface area (Å²) in [5.74, 6) is -0.0275. The number of hydrogen-bond acceptors (Lipinski definition) is 5. The molecule has 0 aliphatic carbocycles. The maximum absolute atomic E-state index is 13.3. The van der Waals surface area contributed by atoms with E-state index in [4.69, 9.17) is 5.26 Å². The smallest absolute Gasteiger partial charge is 0.319 e. The lowest BCUT2D eigenvalue weighted by Crippen LogP contribution is -2.49. The second kappa shape index (κ2) is 10.7. The van der Waals surface area contributed by atoms with E-state index in [2.05, 4.69) is 27.0 Å². The lowest BCUT2D eigenvalue weighted by molar-refractivity contribution is -0.118. The van der Waals surface area contributed by atoms with Crippen LogP contribution in [-0.4, -0.2) is 46.9 Å². The van der Waals surface area contributed by atoms with Gasteiger partial charge in [0.25, 0.3) is 5.91 Å². The number of likely N-dealkylation sites (tertiary alicyclic amines) is 1. The number of urea groups is 1. The van der Waals surface area contributed by atoms with E-state index in [1.165, 1.54) is 5.56 Å². The van der Waals surface area contributed by atoms with Gasteiger partial charge in [0.1, 0.15) is 6.04 Å². The van der Waals surface area contributed by atoms with Crippen LogP contribution in [0, 0.1) is 18.3 Å². The largest absolute Gasteiger partial charge is 0.339 e. The summed E-state index contributed by atoms with van der Waals surface area (Å²) in [6, 6.07) is 15.7. The molecular weight excluding hydrogens is 480 g/mol. The van der Waals surface area contributed by atoms with Gasteiger partial charge in [-0.15, -0.1) is 0 Å². The minimum atomic E-state index is -0.715. The molecule has 1 aromatic heterocycles. The average molecular weight is 509 g/mol. The Morgan fingerprint density at radius 1 is 1.11 bits per heavy atom. The molecule has 0 saturated carbocycles. The summed E-state index contributed by atoms with van der Waals surface area (Å²) in [6.07, 6.45) is 5.30. The van der Waals surface area contributed by atoms with Crippen LogP contribution in [-0.2, 0) is 11.2 Å². The monoisotopic (exact) mass is 508 g/mol. The summed E-state index contributed by atoms with van der Waals surface area (Å²) >= 11 is 0. The number of hydrogen-bond donors (Lipinski definition) is 3. The minimum Gasteiger partial charge on any atom is -0.339 e. The number of aryl methyl sites for hydroxylation is 1. The van der Waals surface area contributed by atoms with Gasteiger partial charge in [0.15, 0.2) is 0 Å². The highest BCUT2D eigenvalue weighted by atomic mass is 16.2. The van der Waals surface area contributed by atoms with E-state index < -0.39 is 12.1 Å². The zero-order valence-electron chi connectivity index (χ0n) is 21.0. The number of anilines is 2. The third-order valence-electron chi connectivity index (χ3n) is 7.24. The molecule has 2 aromatic carbocycles. The summed E-state index contributed by atoms with van der Waals surface area (Å²) in [7, 11) is 0. The van der Waals surface area contributed by atoms with Gasteiger partial charge in [0.05, 0.1) is 23.5 Å². The van der Waals surface area contributed by atoms with Gasteiger partial charge in [-0.05, 0) is 72.7 Å². The number of pyridine rings is 1. The van der Waals surface area contributed by atoms with Gasteiger partial charge in [0.2, 0.25) is 5.91 Å². The number of nitrogens with one attached hydrogen (secondary N) is 3. The summed E-state index contributed by atoms with van der Waals surface area (Å²) in [5.41, 5.74) is 5.21. The molecule has 9 nitrogen and oxygen atoms in total. The third kappa shape index (κ3) is 5.34. The predicted octanol–water partition coefficient (Wildman–Crippen LogP) is 3.97. The molecule has 1 saturated heterocycles. The second-order valence-corrected chi connectivity index (χ2v) is 9.71. The van der Waals surface area contributed by atoms with E-state index in [9.17, 15) is 14.4 Å². The molecule has 3 heterocycles. The first kappa shape index (κ1) is 25.0. The van der Waals surface area contributed by atoms with Crippen LogP contribution >= 0.6 is 0 Å². The predicted molar refractivity (Wildman–Crippen MR) is 143 cm³/mol. The van der Waals surface area contributed by atoms with Crippen LogP contribution in [0.15, 0.2) is 60.9 Å². The van der Waals surface area contributed by atoms with Crippen molar-refractivity contribution in [1.82, 2.24) is 15.2 Å². The van der Waals surface area contributed by atoms with Gasteiger partial charge in [-0.1, -0.05) is 18.2 Å². The Labute approximate surface area is 220 Å². The molecule has 2 aliphatic rings. The SMILES string of the molecule is Cc1ccc(C(=O)N2CCC(c3ccc(C#N)cc3)CC2)cc1NC(=O)NC1Cc2ccncc2NC1=O. The molecule has 1 fully saturated rings. The number of carbonyl (C=O) groups excluding carboxylic acids is 3. The summed E-state index contributed by atoms with van der Waals surface area (Å²) < 4.78 is 0. The fourth-order valence-corrected chi connectivity index (χ4v) is 5.00. The molecule has 2 aliphatic heterocycles. The van der Waals surface area contributed by atoms with Crippen molar-refractivity contribution >= 4 is 29.2 Å². The highest BCUT2D eigenvalue weighted by Gasteiger charge is 2.28. The topological polar surface area (TPSA) is 127 Å². The van der Waals surface area contributed by atoms with Crippen molar-refractivity contribution in [2.75, 3.05) is 23.7 Å². The number of amides is 4. The van der Waals surface area contributed by atoms with Gasteiger partial charge in [-0.2, -0.15) is 5.26 Å². The van der Waals surface area contributed by atoms with Crippen LogP contribution in [0.25, 0.3) is 0 Å². The van der Waals surface area contributed by atoms with Crippen LogP contribution in [0.3, 0.4) is 0 Å². The van der Waals surface area contributed by atoms with Crippen molar-refractivity contribution in [2.24, 2.45) is 0 Å². The van der Waals surface area contributed by atoms with E-state index >= 15 is 0 Å². The Kier molecular flexibility index (Phi) is 7.05. The molecule has 9 heteroatoms. The fourth-order valence-electron chi connectivity index (χ4n) is 5.00. The minimum absolute atomic E-state index is 0.0800. The van der Waals surface area contributed by atoms with Gasteiger partial charge in [-0.3, -0.25) is 14.6 Å². The van der Waals surface area contributed by atoms with E-state index in [-0.39, 0.29) is 11.8 Å². The summed E-state index contributed by atoms with van der Waals surface area (Å²) in [4.78, 5) is 44.3. The first-order valence-corrected chi connectivity index (χ1v) is 12.6. The van der Waals surface area contributed by atoms with Crippen molar-refractivity contribution in [3.63, 3.8) is 0 Å². The van der Waals surface area contributed by atoms with Crippen molar-refractivity contribution < 1.29 is 14.4 Å². The third-order valence-corrected chi connectivity index (χ3v) is 7.24. The highest BCUT2D eigenvalue weighted by Crippen LogP contribution is 2.29. The first-order chi connectivity index (χ1) is 18.4. The van der Waals surface area contributed by atoms with Crippen LogP contribution in [0.4, 0.5) is 16.2 Å². The number of carbonyl (C=O) groups is 3. The Balaban J connectivity index is 1.20. The number of nitriles is 1. The van der Waals surface area contributed by atoms with Crippen LogP contribution in [0.2, 0.25) is 0 Å². The quantitative estimate of drug-likeness (QED) is 0.492. The van der Waals surface area contributed by atoms with Gasteiger partial charge in [-0.25, -0.2) is 4.79 Å². The Bertz CT molecular complexity index is 1420. The fraction of sp³-hybridized carbons (Fsp3) is 0.276. The van der Waals surface area contributed by atoms with Gasteiger partial charge >= 0.3 is 6.03 Å². The maximum Gasteiger partial charge on any atom is 0.319 e. The number of rotatable bonds is 4. The van der Waals surface area contributed by atoms with Crippen LogP contribution in [0.1, 0.15) is 51.4 Å². The van der Waals surface area contributed by atoms with Crippen LogP contribution in [0.5, 0.6) is 0 Å². The van der Waals surface area contributed by atoms with Crippen LogP contribution < -0.4 is 16.0 Å². The molecule has 4 amide bonds. The standard InChI is InChI=1S/C29H28N6O3/c1-18-2-5-23(28(37)35-12-9-21(10-13-35)20-6-3-19(16-30)4-7-20)15-24(18)33-29(38)34-25-14-22-8-11-31-17-26(22)32-27(25)36/h2-8,11,15,17,21,25H,9-10,12-14H2,1H3,(H,32,36)(H2,33,34,38). The van der Waals surface area contributed by atoms with E-state index in [1.807, 2.05) is 48.2 Å². The molecule has 5 rings (SSSR count). The van der Waals surface area contributed by atoms with Crippen molar-refractivity contribution in [2.45, 2.75) is 38.1 Å². The van der Waals surface area contributed by atoms with Crippen molar-refractivity contribution in [3.05, 3.63) is 88.7 Å². The molecule has 1 atom stereocenters.